The van der Waals surface area contributed by atoms with Gasteiger partial charge in [0.05, 0.1) is 0 Å². The first-order chi connectivity index (χ1) is 8.59. The lowest BCUT2D eigenvalue weighted by atomic mass is 10.0. The van der Waals surface area contributed by atoms with E-state index in [1.807, 2.05) is 0 Å². The van der Waals surface area contributed by atoms with Crippen molar-refractivity contribution < 1.29 is 20.4 Å². The third-order valence-corrected chi connectivity index (χ3v) is 2.86. The number of benzene rings is 2. The first kappa shape index (κ1) is 12.1. The van der Waals surface area contributed by atoms with E-state index in [-0.39, 0.29) is 23.0 Å². The molecule has 0 fully saturated rings. The van der Waals surface area contributed by atoms with Gasteiger partial charge in [-0.3, -0.25) is 0 Å². The molecule has 0 heterocycles. The molecule has 0 aromatic heterocycles. The largest absolute Gasteiger partial charge is 0.504 e. The first-order valence-corrected chi connectivity index (χ1v) is 5.59. The van der Waals surface area contributed by atoms with Gasteiger partial charge in [-0.25, -0.2) is 0 Å². The van der Waals surface area contributed by atoms with Crippen molar-refractivity contribution in [3.63, 3.8) is 0 Å². The van der Waals surface area contributed by atoms with Crippen LogP contribution in [0.5, 0.6) is 23.0 Å². The fourth-order valence-electron chi connectivity index (χ4n) is 1.83. The zero-order valence-corrected chi connectivity index (χ0v) is 9.67. The molecule has 18 heavy (non-hydrogen) atoms. The quantitative estimate of drug-likeness (QED) is 0.626. The van der Waals surface area contributed by atoms with Gasteiger partial charge in [0, 0.05) is 0 Å². The summed E-state index contributed by atoms with van der Waals surface area (Å²) in [6, 6.07) is 9.51. The predicted octanol–water partition coefficient (Wildman–Crippen LogP) is 2.29. The van der Waals surface area contributed by atoms with E-state index in [9.17, 15) is 20.4 Å². The average molecular weight is 246 g/mol. The Hall–Kier alpha value is -2.36. The van der Waals surface area contributed by atoms with Crippen LogP contribution in [0.15, 0.2) is 36.4 Å². The highest BCUT2D eigenvalue weighted by Crippen LogP contribution is 2.32. The molecule has 0 aliphatic carbocycles. The molecule has 4 N–H and O–H groups in total. The van der Waals surface area contributed by atoms with Crippen molar-refractivity contribution in [1.29, 1.82) is 0 Å². The van der Waals surface area contributed by atoms with Gasteiger partial charge in [0.15, 0.2) is 23.0 Å². The van der Waals surface area contributed by atoms with E-state index >= 15 is 0 Å². The van der Waals surface area contributed by atoms with Crippen molar-refractivity contribution in [3.05, 3.63) is 47.5 Å². The zero-order valence-electron chi connectivity index (χ0n) is 9.67. The Balaban J connectivity index is 2.17. The summed E-state index contributed by atoms with van der Waals surface area (Å²) in [7, 11) is 0. The maximum Gasteiger partial charge on any atom is 0.160 e. The molecule has 0 spiro atoms. The van der Waals surface area contributed by atoms with E-state index in [2.05, 4.69) is 0 Å². The van der Waals surface area contributed by atoms with Gasteiger partial charge in [-0.15, -0.1) is 0 Å². The topological polar surface area (TPSA) is 80.9 Å². The lowest BCUT2D eigenvalue weighted by Crippen LogP contribution is -1.92. The lowest BCUT2D eigenvalue weighted by molar-refractivity contribution is 0.396. The molecule has 2 aromatic carbocycles. The van der Waals surface area contributed by atoms with Crippen LogP contribution in [-0.4, -0.2) is 20.4 Å². The van der Waals surface area contributed by atoms with Crippen LogP contribution in [0, 0.1) is 0 Å². The molecule has 4 nitrogen and oxygen atoms in total. The smallest absolute Gasteiger partial charge is 0.160 e. The minimum atomic E-state index is -0.160. The van der Waals surface area contributed by atoms with E-state index in [0.29, 0.717) is 24.0 Å². The van der Waals surface area contributed by atoms with Crippen LogP contribution in [0.4, 0.5) is 0 Å². The number of aryl methyl sites for hydroxylation is 2. The highest BCUT2D eigenvalue weighted by molar-refractivity contribution is 5.47. The van der Waals surface area contributed by atoms with E-state index in [1.165, 1.54) is 12.1 Å². The Morgan fingerprint density at radius 3 is 1.39 bits per heavy atom. The Labute approximate surface area is 104 Å². The Kier molecular flexibility index (Phi) is 3.28. The number of phenolic OH excluding ortho intramolecular Hbond substituents is 4. The van der Waals surface area contributed by atoms with Gasteiger partial charge in [0.25, 0.3) is 0 Å². The van der Waals surface area contributed by atoms with Crippen molar-refractivity contribution in [2.75, 3.05) is 0 Å². The Morgan fingerprint density at radius 2 is 1.00 bits per heavy atom. The van der Waals surface area contributed by atoms with Crippen molar-refractivity contribution >= 4 is 0 Å². The molecular weight excluding hydrogens is 232 g/mol. The highest BCUT2D eigenvalue weighted by Gasteiger charge is 2.09. The first-order valence-electron chi connectivity index (χ1n) is 5.59. The summed E-state index contributed by atoms with van der Waals surface area (Å²) in [4.78, 5) is 0. The SMILES string of the molecule is Oc1cccc(CCc2cccc(O)c2O)c1O. The lowest BCUT2D eigenvalue weighted by Gasteiger charge is -2.08. The van der Waals surface area contributed by atoms with Gasteiger partial charge in [-0.2, -0.15) is 0 Å². The van der Waals surface area contributed by atoms with Crippen LogP contribution < -0.4 is 0 Å². The van der Waals surface area contributed by atoms with E-state index < -0.39 is 0 Å². The summed E-state index contributed by atoms with van der Waals surface area (Å²) >= 11 is 0. The Bertz CT molecular complexity index is 512. The van der Waals surface area contributed by atoms with E-state index in [0.717, 1.165) is 0 Å². The maximum absolute atomic E-state index is 9.64. The fraction of sp³-hybridized carbons (Fsp3) is 0.143. The number of hydrogen-bond donors (Lipinski definition) is 4. The van der Waals surface area contributed by atoms with Gasteiger partial charge >= 0.3 is 0 Å². The zero-order chi connectivity index (χ0) is 13.1. The molecule has 0 saturated heterocycles. The number of hydrogen-bond acceptors (Lipinski definition) is 4. The van der Waals surface area contributed by atoms with Crippen LogP contribution >= 0.6 is 0 Å². The van der Waals surface area contributed by atoms with E-state index in [4.69, 9.17) is 0 Å². The van der Waals surface area contributed by atoms with Crippen molar-refractivity contribution in [2.45, 2.75) is 12.8 Å². The molecule has 0 unspecified atom stereocenters. The Morgan fingerprint density at radius 1 is 0.611 bits per heavy atom. The van der Waals surface area contributed by atoms with Crippen LogP contribution in [0.1, 0.15) is 11.1 Å². The third-order valence-electron chi connectivity index (χ3n) is 2.86. The molecule has 0 radical (unpaired) electrons. The number of para-hydroxylation sites is 2. The van der Waals surface area contributed by atoms with Gasteiger partial charge in [-0.05, 0) is 36.1 Å². The van der Waals surface area contributed by atoms with Gasteiger partial charge < -0.3 is 20.4 Å². The summed E-state index contributed by atoms with van der Waals surface area (Å²) in [5.41, 5.74) is 1.19. The van der Waals surface area contributed by atoms with Crippen LogP contribution in [0.3, 0.4) is 0 Å². The monoisotopic (exact) mass is 246 g/mol. The molecule has 2 rings (SSSR count). The average Bonchev–Trinajstić information content (AvgIpc) is 2.36. The van der Waals surface area contributed by atoms with Crippen molar-refractivity contribution in [2.24, 2.45) is 0 Å². The van der Waals surface area contributed by atoms with Crippen LogP contribution in [0.2, 0.25) is 0 Å². The second-order valence-electron chi connectivity index (χ2n) is 4.07. The summed E-state index contributed by atoms with van der Waals surface area (Å²) in [5, 5.41) is 38.0. The van der Waals surface area contributed by atoms with Crippen molar-refractivity contribution in [3.8, 4) is 23.0 Å². The van der Waals surface area contributed by atoms with Gasteiger partial charge in [0.1, 0.15) is 0 Å². The molecule has 0 aliphatic heterocycles. The molecule has 2 aromatic rings. The van der Waals surface area contributed by atoms with Gasteiger partial charge in [0.2, 0.25) is 0 Å². The minimum absolute atomic E-state index is 0.142. The second-order valence-corrected chi connectivity index (χ2v) is 4.07. The fourth-order valence-corrected chi connectivity index (χ4v) is 1.83. The predicted molar refractivity (Wildman–Crippen MR) is 67.0 cm³/mol. The van der Waals surface area contributed by atoms with Gasteiger partial charge in [-0.1, -0.05) is 24.3 Å². The molecule has 0 aliphatic rings. The van der Waals surface area contributed by atoms with E-state index in [1.54, 1.807) is 24.3 Å². The molecule has 4 heteroatoms. The molecule has 0 amide bonds. The van der Waals surface area contributed by atoms with Crippen molar-refractivity contribution in [1.82, 2.24) is 0 Å². The third kappa shape index (κ3) is 2.32. The second kappa shape index (κ2) is 4.87. The molecule has 0 bridgehead atoms. The highest BCUT2D eigenvalue weighted by atomic mass is 16.3. The molecule has 0 atom stereocenters. The summed E-state index contributed by atoms with van der Waals surface area (Å²) in [6.07, 6.45) is 0.911. The summed E-state index contributed by atoms with van der Waals surface area (Å²) < 4.78 is 0. The minimum Gasteiger partial charge on any atom is -0.504 e. The number of phenols is 4. The van der Waals surface area contributed by atoms with Crippen LogP contribution in [0.25, 0.3) is 0 Å². The standard InChI is InChI=1S/C14H14O4/c15-11-5-1-3-9(13(11)17)7-8-10-4-2-6-12(16)14(10)18/h1-6,15-18H,7-8H2. The maximum atomic E-state index is 9.64. The molecular formula is C14H14O4. The summed E-state index contributed by atoms with van der Waals surface area (Å²) in [6.45, 7) is 0. The number of rotatable bonds is 3. The molecule has 94 valence electrons. The number of aromatic hydroxyl groups is 4. The normalized spacial score (nSPS) is 10.4. The molecule has 0 saturated carbocycles. The summed E-state index contributed by atoms with van der Waals surface area (Å²) in [5.74, 6) is -0.602. The van der Waals surface area contributed by atoms with Crippen LogP contribution in [-0.2, 0) is 12.8 Å².